The lowest BCUT2D eigenvalue weighted by molar-refractivity contribution is -0.116. The average molecular weight is 395 g/mol. The van der Waals surface area contributed by atoms with Gasteiger partial charge in [0.1, 0.15) is 0 Å². The molecule has 1 saturated carbocycles. The Balaban J connectivity index is 1.17. The number of ether oxygens (including phenoxy) is 2. The van der Waals surface area contributed by atoms with E-state index in [2.05, 4.69) is 15.5 Å². The second-order valence-corrected chi connectivity index (χ2v) is 7.37. The molecule has 8 heteroatoms. The van der Waals surface area contributed by atoms with Crippen molar-refractivity contribution in [3.63, 3.8) is 0 Å². The summed E-state index contributed by atoms with van der Waals surface area (Å²) >= 11 is 0. The fraction of sp³-hybridized carbons (Fsp3) is 0.381. The number of carbonyl (C=O) groups is 1. The molecular weight excluding hydrogens is 374 g/mol. The molecule has 0 unspecified atom stereocenters. The molecule has 1 aromatic carbocycles. The molecule has 0 radical (unpaired) electrons. The molecule has 1 fully saturated rings. The Labute approximate surface area is 167 Å². The quantitative estimate of drug-likeness (QED) is 0.686. The van der Waals surface area contributed by atoms with E-state index in [1.807, 2.05) is 18.2 Å². The normalized spacial score (nSPS) is 16.8. The third-order valence-electron chi connectivity index (χ3n) is 5.21. The summed E-state index contributed by atoms with van der Waals surface area (Å²) in [5.41, 5.74) is 0.673. The van der Waals surface area contributed by atoms with E-state index in [-0.39, 0.29) is 12.3 Å². The molecule has 1 amide bonds. The van der Waals surface area contributed by atoms with Crippen LogP contribution in [0, 0.1) is 0 Å². The van der Waals surface area contributed by atoms with Gasteiger partial charge >= 0.3 is 0 Å². The number of aryl methyl sites for hydroxylation is 1. The minimum atomic E-state index is -0.521. The van der Waals surface area contributed by atoms with Crippen LogP contribution in [0.25, 0.3) is 11.6 Å². The van der Waals surface area contributed by atoms with Gasteiger partial charge in [0, 0.05) is 37.4 Å². The Morgan fingerprint density at radius 2 is 1.97 bits per heavy atom. The van der Waals surface area contributed by atoms with Crippen molar-refractivity contribution in [3.8, 4) is 23.1 Å². The molecule has 0 atom stereocenters. The van der Waals surface area contributed by atoms with Crippen molar-refractivity contribution in [2.24, 2.45) is 0 Å². The van der Waals surface area contributed by atoms with Crippen molar-refractivity contribution < 1.29 is 23.2 Å². The van der Waals surface area contributed by atoms with Gasteiger partial charge in [-0.2, -0.15) is 4.98 Å². The van der Waals surface area contributed by atoms with E-state index in [0.29, 0.717) is 35.3 Å². The molecule has 5 rings (SSSR count). The van der Waals surface area contributed by atoms with Crippen molar-refractivity contribution in [3.05, 3.63) is 42.5 Å². The van der Waals surface area contributed by atoms with Crippen LogP contribution in [0.1, 0.15) is 44.4 Å². The topological polar surface area (TPSA) is 99.6 Å². The molecule has 150 valence electrons. The van der Waals surface area contributed by atoms with Crippen LogP contribution in [0.4, 0.5) is 5.69 Å². The van der Waals surface area contributed by atoms with E-state index in [4.69, 9.17) is 18.4 Å². The molecule has 3 aromatic rings. The molecule has 8 nitrogen and oxygen atoms in total. The molecule has 1 N–H and O–H groups in total. The maximum absolute atomic E-state index is 12.3. The van der Waals surface area contributed by atoms with Crippen LogP contribution in [0.3, 0.4) is 0 Å². The molecule has 2 aromatic heterocycles. The fourth-order valence-electron chi connectivity index (χ4n) is 3.77. The van der Waals surface area contributed by atoms with Gasteiger partial charge in [0.25, 0.3) is 5.79 Å². The Kier molecular flexibility index (Phi) is 4.46. The summed E-state index contributed by atoms with van der Waals surface area (Å²) in [7, 11) is 0. The number of hydrogen-bond donors (Lipinski definition) is 1. The number of benzene rings is 1. The second-order valence-electron chi connectivity index (χ2n) is 7.37. The van der Waals surface area contributed by atoms with E-state index in [9.17, 15) is 4.79 Å². The lowest BCUT2D eigenvalue weighted by atomic mass is 9.94. The van der Waals surface area contributed by atoms with Gasteiger partial charge in [0.15, 0.2) is 17.3 Å². The molecule has 29 heavy (non-hydrogen) atoms. The van der Waals surface area contributed by atoms with Crippen LogP contribution in [0.5, 0.6) is 11.5 Å². The number of aromatic nitrogens is 2. The Morgan fingerprint density at radius 1 is 1.10 bits per heavy atom. The summed E-state index contributed by atoms with van der Waals surface area (Å²) in [5, 5.41) is 6.74. The molecule has 0 bridgehead atoms. The zero-order valence-electron chi connectivity index (χ0n) is 15.8. The number of amides is 1. The molecule has 1 aliphatic heterocycles. The zero-order chi connectivity index (χ0) is 19.7. The van der Waals surface area contributed by atoms with Gasteiger partial charge in [0.05, 0.1) is 6.26 Å². The SMILES string of the molecule is O=C(CCc1nc(-c2ccco2)no1)Nc1ccc2c(c1)OC1(CCCCC1)O2. The molecule has 1 spiro atoms. The molecule has 3 heterocycles. The minimum Gasteiger partial charge on any atom is -0.461 e. The van der Waals surface area contributed by atoms with E-state index >= 15 is 0 Å². The summed E-state index contributed by atoms with van der Waals surface area (Å²) in [6, 6.07) is 8.99. The van der Waals surface area contributed by atoms with Gasteiger partial charge in [0.2, 0.25) is 17.6 Å². The second kappa shape index (κ2) is 7.27. The van der Waals surface area contributed by atoms with Gasteiger partial charge in [-0.15, -0.1) is 0 Å². The van der Waals surface area contributed by atoms with E-state index in [1.165, 1.54) is 6.42 Å². The molecule has 2 aliphatic rings. The maximum Gasteiger partial charge on any atom is 0.251 e. The molecular formula is C21H21N3O5. The van der Waals surface area contributed by atoms with E-state index < -0.39 is 5.79 Å². The first-order valence-electron chi connectivity index (χ1n) is 9.88. The number of hydrogen-bond acceptors (Lipinski definition) is 7. The number of rotatable bonds is 5. The summed E-state index contributed by atoms with van der Waals surface area (Å²) in [4.78, 5) is 16.6. The average Bonchev–Trinajstić information content (AvgIpc) is 3.46. The van der Waals surface area contributed by atoms with Crippen LogP contribution in [-0.2, 0) is 11.2 Å². The first kappa shape index (κ1) is 17.8. The highest BCUT2D eigenvalue weighted by Crippen LogP contribution is 2.46. The number of nitrogens with one attached hydrogen (secondary N) is 1. The number of furan rings is 1. The summed E-state index contributed by atoms with van der Waals surface area (Å²) < 4.78 is 22.6. The number of anilines is 1. The van der Waals surface area contributed by atoms with Crippen molar-refractivity contribution >= 4 is 11.6 Å². The van der Waals surface area contributed by atoms with E-state index in [0.717, 1.165) is 31.4 Å². The Morgan fingerprint density at radius 3 is 2.79 bits per heavy atom. The number of nitrogens with zero attached hydrogens (tertiary/aromatic N) is 2. The van der Waals surface area contributed by atoms with Crippen molar-refractivity contribution in [1.29, 1.82) is 0 Å². The summed E-state index contributed by atoms with van der Waals surface area (Å²) in [6.45, 7) is 0. The standard InChI is InChI=1S/C21H21N3O5/c25-18(8-9-19-23-20(24-29-19)16-5-4-12-26-16)22-14-6-7-15-17(13-14)28-21(27-15)10-2-1-3-11-21/h4-7,12-13H,1-3,8-11H2,(H,22,25). The van der Waals surface area contributed by atoms with Crippen LogP contribution in [0.15, 0.2) is 45.5 Å². The van der Waals surface area contributed by atoms with Gasteiger partial charge in [-0.1, -0.05) is 11.6 Å². The maximum atomic E-state index is 12.3. The minimum absolute atomic E-state index is 0.144. The smallest absolute Gasteiger partial charge is 0.251 e. The third kappa shape index (κ3) is 3.70. The van der Waals surface area contributed by atoms with Crippen molar-refractivity contribution in [2.75, 3.05) is 5.32 Å². The molecule has 1 aliphatic carbocycles. The van der Waals surface area contributed by atoms with Gasteiger partial charge in [-0.3, -0.25) is 4.79 Å². The van der Waals surface area contributed by atoms with Crippen LogP contribution >= 0.6 is 0 Å². The highest BCUT2D eigenvalue weighted by atomic mass is 16.7. The van der Waals surface area contributed by atoms with Gasteiger partial charge < -0.3 is 23.7 Å². The largest absolute Gasteiger partial charge is 0.461 e. The Bertz CT molecular complexity index is 1010. The van der Waals surface area contributed by atoms with Crippen LogP contribution in [-0.4, -0.2) is 21.8 Å². The highest BCUT2D eigenvalue weighted by Gasteiger charge is 2.42. The first-order valence-corrected chi connectivity index (χ1v) is 9.88. The van der Waals surface area contributed by atoms with Crippen molar-refractivity contribution in [2.45, 2.75) is 50.7 Å². The van der Waals surface area contributed by atoms with Crippen LogP contribution in [0.2, 0.25) is 0 Å². The predicted molar refractivity (Wildman–Crippen MR) is 102 cm³/mol. The fourth-order valence-corrected chi connectivity index (χ4v) is 3.77. The third-order valence-corrected chi connectivity index (χ3v) is 5.21. The van der Waals surface area contributed by atoms with Gasteiger partial charge in [-0.05, 0) is 37.1 Å². The van der Waals surface area contributed by atoms with Gasteiger partial charge in [-0.25, -0.2) is 0 Å². The lowest BCUT2D eigenvalue weighted by Gasteiger charge is -2.31. The lowest BCUT2D eigenvalue weighted by Crippen LogP contribution is -2.40. The number of carbonyl (C=O) groups excluding carboxylic acids is 1. The Hall–Kier alpha value is -3.29. The first-order chi connectivity index (χ1) is 14.2. The summed E-state index contributed by atoms with van der Waals surface area (Å²) in [6.07, 6.45) is 7.33. The van der Waals surface area contributed by atoms with E-state index in [1.54, 1.807) is 18.4 Å². The van der Waals surface area contributed by atoms with Crippen LogP contribution < -0.4 is 14.8 Å². The summed E-state index contributed by atoms with van der Waals surface area (Å²) in [5.74, 6) is 2.04. The zero-order valence-corrected chi connectivity index (χ0v) is 15.8. The number of fused-ring (bicyclic) bond motifs is 1. The monoisotopic (exact) mass is 395 g/mol. The van der Waals surface area contributed by atoms with Crippen molar-refractivity contribution in [1.82, 2.24) is 10.1 Å². The molecule has 0 saturated heterocycles. The predicted octanol–water partition coefficient (Wildman–Crippen LogP) is 4.33. The highest BCUT2D eigenvalue weighted by molar-refractivity contribution is 5.91.